The van der Waals surface area contributed by atoms with Gasteiger partial charge in [-0.05, 0) is 42.8 Å². The number of nitrogens with zero attached hydrogens (tertiary/aromatic N) is 1. The Morgan fingerprint density at radius 2 is 1.84 bits per heavy atom. The van der Waals surface area contributed by atoms with Crippen LogP contribution >= 0.6 is 0 Å². The minimum atomic E-state index is -0.448. The standard InChI is InChI=1S/C14H14N2O3/c1-10-3-8-13(16(17)18)14(9-10)19-12-6-4-11(15-2)5-7-12/h3-9,15H,1-2H3. The van der Waals surface area contributed by atoms with E-state index in [4.69, 9.17) is 4.74 Å². The summed E-state index contributed by atoms with van der Waals surface area (Å²) in [4.78, 5) is 10.5. The van der Waals surface area contributed by atoms with Crippen molar-refractivity contribution in [2.45, 2.75) is 6.92 Å². The summed E-state index contributed by atoms with van der Waals surface area (Å²) in [5.74, 6) is 0.815. The number of aryl methyl sites for hydroxylation is 1. The number of nitro benzene ring substituents is 1. The predicted octanol–water partition coefficient (Wildman–Crippen LogP) is 3.74. The molecule has 2 aromatic carbocycles. The van der Waals surface area contributed by atoms with E-state index in [-0.39, 0.29) is 11.4 Å². The normalized spacial score (nSPS) is 10.0. The third-order valence-electron chi connectivity index (χ3n) is 2.68. The van der Waals surface area contributed by atoms with Crippen LogP contribution in [0.3, 0.4) is 0 Å². The van der Waals surface area contributed by atoms with E-state index >= 15 is 0 Å². The van der Waals surface area contributed by atoms with Gasteiger partial charge in [0.25, 0.3) is 0 Å². The van der Waals surface area contributed by atoms with Gasteiger partial charge >= 0.3 is 5.69 Å². The summed E-state index contributed by atoms with van der Waals surface area (Å²) in [5, 5.41) is 13.9. The van der Waals surface area contributed by atoms with Crippen LogP contribution in [-0.4, -0.2) is 12.0 Å². The van der Waals surface area contributed by atoms with Gasteiger partial charge in [0.1, 0.15) is 5.75 Å². The molecule has 0 spiro atoms. The lowest BCUT2D eigenvalue weighted by Gasteiger charge is -2.08. The quantitative estimate of drug-likeness (QED) is 0.670. The van der Waals surface area contributed by atoms with Crippen molar-refractivity contribution < 1.29 is 9.66 Å². The maximum Gasteiger partial charge on any atom is 0.311 e. The molecule has 1 N–H and O–H groups in total. The number of rotatable bonds is 4. The lowest BCUT2D eigenvalue weighted by atomic mass is 10.2. The Hall–Kier alpha value is -2.56. The van der Waals surface area contributed by atoms with Crippen LogP contribution in [0.1, 0.15) is 5.56 Å². The van der Waals surface area contributed by atoms with Crippen LogP contribution in [0, 0.1) is 17.0 Å². The molecule has 2 aromatic rings. The molecule has 5 heteroatoms. The molecule has 0 aliphatic rings. The predicted molar refractivity (Wildman–Crippen MR) is 73.9 cm³/mol. The van der Waals surface area contributed by atoms with E-state index in [9.17, 15) is 10.1 Å². The van der Waals surface area contributed by atoms with Gasteiger partial charge < -0.3 is 10.1 Å². The van der Waals surface area contributed by atoms with E-state index in [1.807, 2.05) is 26.1 Å². The first kappa shape index (κ1) is 12.9. The summed E-state index contributed by atoms with van der Waals surface area (Å²) in [6, 6.07) is 12.0. The first-order chi connectivity index (χ1) is 9.10. The lowest BCUT2D eigenvalue weighted by Crippen LogP contribution is -1.94. The first-order valence-electron chi connectivity index (χ1n) is 5.81. The molecular weight excluding hydrogens is 244 g/mol. The zero-order valence-electron chi connectivity index (χ0n) is 10.7. The molecule has 5 nitrogen and oxygen atoms in total. The zero-order chi connectivity index (χ0) is 13.8. The Bertz CT molecular complexity index is 594. The molecule has 0 heterocycles. The molecule has 0 saturated heterocycles. The van der Waals surface area contributed by atoms with Crippen molar-refractivity contribution in [1.29, 1.82) is 0 Å². The minimum Gasteiger partial charge on any atom is -0.450 e. The maximum atomic E-state index is 10.9. The van der Waals surface area contributed by atoms with Crippen molar-refractivity contribution in [3.8, 4) is 11.5 Å². The maximum absolute atomic E-state index is 10.9. The van der Waals surface area contributed by atoms with E-state index in [2.05, 4.69) is 5.32 Å². The molecule has 0 bridgehead atoms. The fraction of sp³-hybridized carbons (Fsp3) is 0.143. The summed E-state index contributed by atoms with van der Waals surface area (Å²) < 4.78 is 5.58. The Morgan fingerprint density at radius 1 is 1.16 bits per heavy atom. The molecule has 0 radical (unpaired) electrons. The smallest absolute Gasteiger partial charge is 0.311 e. The largest absolute Gasteiger partial charge is 0.450 e. The van der Waals surface area contributed by atoms with Gasteiger partial charge in [0.05, 0.1) is 4.92 Å². The molecule has 2 rings (SSSR count). The Kier molecular flexibility index (Phi) is 3.66. The second-order valence-corrected chi connectivity index (χ2v) is 4.10. The Labute approximate surface area is 111 Å². The molecule has 19 heavy (non-hydrogen) atoms. The third-order valence-corrected chi connectivity index (χ3v) is 2.68. The van der Waals surface area contributed by atoms with Crippen LogP contribution in [0.25, 0.3) is 0 Å². The molecule has 0 saturated carbocycles. The monoisotopic (exact) mass is 258 g/mol. The highest BCUT2D eigenvalue weighted by Crippen LogP contribution is 2.32. The van der Waals surface area contributed by atoms with Crippen LogP contribution in [0.15, 0.2) is 42.5 Å². The van der Waals surface area contributed by atoms with E-state index in [0.29, 0.717) is 5.75 Å². The second kappa shape index (κ2) is 5.39. The van der Waals surface area contributed by atoms with Crippen LogP contribution < -0.4 is 10.1 Å². The van der Waals surface area contributed by atoms with Gasteiger partial charge in [0, 0.05) is 18.8 Å². The van der Waals surface area contributed by atoms with Crippen LogP contribution in [0.2, 0.25) is 0 Å². The molecule has 0 atom stereocenters. The fourth-order valence-electron chi connectivity index (χ4n) is 1.67. The number of benzene rings is 2. The number of hydrogen-bond acceptors (Lipinski definition) is 4. The van der Waals surface area contributed by atoms with E-state index in [0.717, 1.165) is 11.3 Å². The highest BCUT2D eigenvalue weighted by Gasteiger charge is 2.15. The van der Waals surface area contributed by atoms with E-state index < -0.39 is 4.92 Å². The lowest BCUT2D eigenvalue weighted by molar-refractivity contribution is -0.385. The fourth-order valence-corrected chi connectivity index (χ4v) is 1.67. The number of hydrogen-bond donors (Lipinski definition) is 1. The summed E-state index contributed by atoms with van der Waals surface area (Å²) in [5.41, 5.74) is 1.82. The number of nitro groups is 1. The average Bonchev–Trinajstić information content (AvgIpc) is 2.39. The van der Waals surface area contributed by atoms with Gasteiger partial charge in [0.15, 0.2) is 0 Å². The average molecular weight is 258 g/mol. The molecule has 0 aliphatic carbocycles. The van der Waals surface area contributed by atoms with Crippen molar-refractivity contribution in [3.63, 3.8) is 0 Å². The number of ether oxygens (including phenoxy) is 1. The van der Waals surface area contributed by atoms with Crippen LogP contribution in [-0.2, 0) is 0 Å². The summed E-state index contributed by atoms with van der Waals surface area (Å²) in [6.07, 6.45) is 0. The van der Waals surface area contributed by atoms with E-state index in [1.54, 1.807) is 24.3 Å². The summed E-state index contributed by atoms with van der Waals surface area (Å²) >= 11 is 0. The molecule has 0 unspecified atom stereocenters. The Morgan fingerprint density at radius 3 is 2.42 bits per heavy atom. The van der Waals surface area contributed by atoms with E-state index in [1.165, 1.54) is 6.07 Å². The molecule has 98 valence electrons. The molecule has 0 aromatic heterocycles. The first-order valence-corrected chi connectivity index (χ1v) is 5.81. The van der Waals surface area contributed by atoms with Crippen LogP contribution in [0.4, 0.5) is 11.4 Å². The van der Waals surface area contributed by atoms with Gasteiger partial charge in [-0.1, -0.05) is 6.07 Å². The van der Waals surface area contributed by atoms with Crippen molar-refractivity contribution >= 4 is 11.4 Å². The van der Waals surface area contributed by atoms with Gasteiger partial charge in [-0.3, -0.25) is 10.1 Å². The molecule has 0 fully saturated rings. The molecule has 0 amide bonds. The van der Waals surface area contributed by atoms with Crippen molar-refractivity contribution in [1.82, 2.24) is 0 Å². The molecular formula is C14H14N2O3. The highest BCUT2D eigenvalue weighted by molar-refractivity contribution is 5.52. The minimum absolute atomic E-state index is 0.0386. The van der Waals surface area contributed by atoms with Crippen molar-refractivity contribution in [2.24, 2.45) is 0 Å². The number of anilines is 1. The van der Waals surface area contributed by atoms with Gasteiger partial charge in [-0.25, -0.2) is 0 Å². The van der Waals surface area contributed by atoms with Crippen molar-refractivity contribution in [3.05, 3.63) is 58.1 Å². The second-order valence-electron chi connectivity index (χ2n) is 4.10. The zero-order valence-corrected chi connectivity index (χ0v) is 10.7. The van der Waals surface area contributed by atoms with Crippen LogP contribution in [0.5, 0.6) is 11.5 Å². The van der Waals surface area contributed by atoms with Crippen molar-refractivity contribution in [2.75, 3.05) is 12.4 Å². The Balaban J connectivity index is 2.31. The SMILES string of the molecule is CNc1ccc(Oc2cc(C)ccc2[N+](=O)[O-])cc1. The number of nitrogens with one attached hydrogen (secondary N) is 1. The van der Waals surface area contributed by atoms with Gasteiger partial charge in [-0.15, -0.1) is 0 Å². The molecule has 0 aliphatic heterocycles. The topological polar surface area (TPSA) is 64.4 Å². The highest BCUT2D eigenvalue weighted by atomic mass is 16.6. The summed E-state index contributed by atoms with van der Waals surface area (Å²) in [7, 11) is 1.82. The van der Waals surface area contributed by atoms with Gasteiger partial charge in [0.2, 0.25) is 5.75 Å². The third kappa shape index (κ3) is 3.01. The summed E-state index contributed by atoms with van der Waals surface area (Å²) in [6.45, 7) is 1.86. The van der Waals surface area contributed by atoms with Gasteiger partial charge in [-0.2, -0.15) is 0 Å².